The Labute approximate surface area is 322 Å². The van der Waals surface area contributed by atoms with Crippen LogP contribution in [-0.4, -0.2) is 77.7 Å². The molecular formula is C41H49N4O9P. The highest BCUT2D eigenvalue weighted by molar-refractivity contribution is 7.44. The molecule has 14 heteroatoms. The fourth-order valence-corrected chi connectivity index (χ4v) is 9.32. The minimum absolute atomic E-state index is 0.0206. The van der Waals surface area contributed by atoms with E-state index in [-0.39, 0.29) is 31.7 Å². The molecule has 2 saturated heterocycles. The van der Waals surface area contributed by atoms with Crippen LogP contribution in [0.15, 0.2) is 101 Å². The fourth-order valence-electron chi connectivity index (χ4n) is 7.52. The minimum atomic E-state index is -1.78. The van der Waals surface area contributed by atoms with Crippen LogP contribution in [0.3, 0.4) is 0 Å². The normalized spacial score (nSPS) is 21.9. The molecule has 4 aromatic rings. The summed E-state index contributed by atoms with van der Waals surface area (Å²) in [5.74, 6) is 1.37. The number of fused-ring (bicyclic) bond motifs is 2. The summed E-state index contributed by atoms with van der Waals surface area (Å²) in [6.45, 7) is 10.4. The molecule has 2 fully saturated rings. The van der Waals surface area contributed by atoms with Gasteiger partial charge in [-0.2, -0.15) is 5.26 Å². The first-order valence-corrected chi connectivity index (χ1v) is 19.5. The van der Waals surface area contributed by atoms with Crippen molar-refractivity contribution in [2.24, 2.45) is 0 Å². The summed E-state index contributed by atoms with van der Waals surface area (Å²) in [6, 6.07) is 28.9. The van der Waals surface area contributed by atoms with Gasteiger partial charge in [0.05, 0.1) is 46.0 Å². The summed E-state index contributed by atoms with van der Waals surface area (Å²) in [4.78, 5) is 27.7. The van der Waals surface area contributed by atoms with Gasteiger partial charge < -0.3 is 32.7 Å². The molecular weight excluding hydrogens is 723 g/mol. The SMILES string of the molecule is COc1ccc(C(O[C@@H](C)C23CO[C@@H]([C@H](n4ccc(=O)[nH]c4=O)O2)[C@H]3OP(OCCC#N)N(C(C)C)C(C)C)(c2ccccc2)c2ccc(OC)cc2)cc1. The Balaban J connectivity index is 1.52. The molecule has 2 unspecified atom stereocenters. The molecule has 2 aliphatic heterocycles. The zero-order valence-electron chi connectivity index (χ0n) is 32.2. The van der Waals surface area contributed by atoms with E-state index in [0.717, 1.165) is 16.7 Å². The lowest BCUT2D eigenvalue weighted by Gasteiger charge is -2.44. The minimum Gasteiger partial charge on any atom is -0.497 e. The Hall–Kier alpha value is -4.38. The van der Waals surface area contributed by atoms with Crippen LogP contribution in [0.4, 0.5) is 0 Å². The third-order valence-corrected chi connectivity index (χ3v) is 12.2. The van der Waals surface area contributed by atoms with Crippen molar-refractivity contribution in [1.29, 1.82) is 5.26 Å². The highest BCUT2D eigenvalue weighted by Crippen LogP contribution is 2.57. The van der Waals surface area contributed by atoms with Gasteiger partial charge in [-0.25, -0.2) is 9.46 Å². The van der Waals surface area contributed by atoms with Gasteiger partial charge in [0.1, 0.15) is 34.9 Å². The van der Waals surface area contributed by atoms with Crippen molar-refractivity contribution < 1.29 is 32.7 Å². The van der Waals surface area contributed by atoms with Gasteiger partial charge in [0.25, 0.3) is 14.1 Å². The number of hydrogen-bond acceptors (Lipinski definition) is 11. The molecule has 2 bridgehead atoms. The van der Waals surface area contributed by atoms with Crippen molar-refractivity contribution in [3.63, 3.8) is 0 Å². The van der Waals surface area contributed by atoms with E-state index >= 15 is 0 Å². The molecule has 292 valence electrons. The number of nitriles is 1. The summed E-state index contributed by atoms with van der Waals surface area (Å²) in [5.41, 5.74) is -1.22. The molecule has 0 amide bonds. The zero-order valence-corrected chi connectivity index (χ0v) is 33.1. The van der Waals surface area contributed by atoms with Crippen LogP contribution in [-0.2, 0) is 28.9 Å². The Morgan fingerprint density at radius 3 is 2.02 bits per heavy atom. The summed E-state index contributed by atoms with van der Waals surface area (Å²) in [5, 5.41) is 9.38. The fraction of sp³-hybridized carbons (Fsp3) is 0.439. The summed E-state index contributed by atoms with van der Waals surface area (Å²) < 4.78 is 49.0. The lowest BCUT2D eigenvalue weighted by Crippen LogP contribution is -2.55. The Bertz CT molecular complexity index is 1980. The molecule has 0 aliphatic carbocycles. The van der Waals surface area contributed by atoms with Crippen molar-refractivity contribution >= 4 is 8.53 Å². The van der Waals surface area contributed by atoms with Gasteiger partial charge in [-0.3, -0.25) is 14.3 Å². The van der Waals surface area contributed by atoms with Gasteiger partial charge in [-0.15, -0.1) is 0 Å². The van der Waals surface area contributed by atoms with Gasteiger partial charge in [-0.05, 0) is 75.6 Å². The van der Waals surface area contributed by atoms with Gasteiger partial charge >= 0.3 is 5.69 Å². The number of ether oxygens (including phenoxy) is 5. The van der Waals surface area contributed by atoms with E-state index in [9.17, 15) is 14.9 Å². The Morgan fingerprint density at radius 1 is 0.909 bits per heavy atom. The molecule has 0 radical (unpaired) electrons. The molecule has 6 atom stereocenters. The summed E-state index contributed by atoms with van der Waals surface area (Å²) >= 11 is 0. The quantitative estimate of drug-likeness (QED) is 0.0735. The van der Waals surface area contributed by atoms with E-state index < -0.39 is 55.5 Å². The van der Waals surface area contributed by atoms with Crippen molar-refractivity contribution in [3.8, 4) is 17.6 Å². The van der Waals surface area contributed by atoms with Crippen LogP contribution in [0.2, 0.25) is 0 Å². The Morgan fingerprint density at radius 2 is 1.49 bits per heavy atom. The number of methoxy groups -OCH3 is 2. The highest BCUT2D eigenvalue weighted by atomic mass is 31.2. The maximum atomic E-state index is 13.3. The van der Waals surface area contributed by atoms with E-state index in [0.29, 0.717) is 11.5 Å². The maximum absolute atomic E-state index is 13.3. The van der Waals surface area contributed by atoms with Crippen molar-refractivity contribution in [1.82, 2.24) is 14.2 Å². The van der Waals surface area contributed by atoms with Gasteiger partial charge in [0.2, 0.25) is 0 Å². The first-order chi connectivity index (χ1) is 26.5. The van der Waals surface area contributed by atoms with Gasteiger partial charge in [0.15, 0.2) is 6.23 Å². The monoisotopic (exact) mass is 772 g/mol. The van der Waals surface area contributed by atoms with Crippen LogP contribution in [0, 0.1) is 11.3 Å². The second-order valence-corrected chi connectivity index (χ2v) is 15.5. The maximum Gasteiger partial charge on any atom is 0.330 e. The molecule has 1 N–H and O–H groups in total. The second kappa shape index (κ2) is 17.2. The Kier molecular flexibility index (Phi) is 12.6. The lowest BCUT2D eigenvalue weighted by atomic mass is 9.79. The molecule has 1 aromatic heterocycles. The third kappa shape index (κ3) is 7.86. The van der Waals surface area contributed by atoms with Crippen LogP contribution >= 0.6 is 8.53 Å². The predicted molar refractivity (Wildman–Crippen MR) is 207 cm³/mol. The van der Waals surface area contributed by atoms with Gasteiger partial charge in [0, 0.05) is 24.3 Å². The van der Waals surface area contributed by atoms with Crippen LogP contribution in [0.1, 0.15) is 64.0 Å². The van der Waals surface area contributed by atoms with Crippen molar-refractivity contribution in [2.75, 3.05) is 27.4 Å². The highest BCUT2D eigenvalue weighted by Gasteiger charge is 2.68. The molecule has 0 spiro atoms. The smallest absolute Gasteiger partial charge is 0.330 e. The van der Waals surface area contributed by atoms with E-state index in [1.54, 1.807) is 14.2 Å². The van der Waals surface area contributed by atoms with Crippen molar-refractivity contribution in [2.45, 2.75) is 88.9 Å². The number of benzene rings is 3. The summed E-state index contributed by atoms with van der Waals surface area (Å²) in [6.07, 6.45) is -1.80. The average molecular weight is 773 g/mol. The number of nitrogens with one attached hydrogen (secondary N) is 1. The number of aromatic amines is 1. The van der Waals surface area contributed by atoms with E-state index in [1.165, 1.54) is 16.8 Å². The number of nitrogens with zero attached hydrogens (tertiary/aromatic N) is 3. The largest absolute Gasteiger partial charge is 0.497 e. The molecule has 3 heterocycles. The number of rotatable bonds is 17. The molecule has 0 saturated carbocycles. The zero-order chi connectivity index (χ0) is 39.3. The number of hydrogen-bond donors (Lipinski definition) is 1. The second-order valence-electron chi connectivity index (χ2n) is 14.1. The average Bonchev–Trinajstić information content (AvgIpc) is 3.69. The van der Waals surface area contributed by atoms with Crippen LogP contribution in [0.5, 0.6) is 11.5 Å². The predicted octanol–water partition coefficient (Wildman–Crippen LogP) is 6.28. The van der Waals surface area contributed by atoms with E-state index in [2.05, 4.69) is 43.4 Å². The van der Waals surface area contributed by atoms with E-state index in [1.807, 2.05) is 85.8 Å². The van der Waals surface area contributed by atoms with Gasteiger partial charge in [-0.1, -0.05) is 54.6 Å². The molecule has 55 heavy (non-hydrogen) atoms. The summed E-state index contributed by atoms with van der Waals surface area (Å²) in [7, 11) is 1.47. The molecule has 3 aromatic carbocycles. The van der Waals surface area contributed by atoms with E-state index in [4.69, 9.17) is 32.7 Å². The standard InChI is InChI=1S/C41H49N4O9P/c1-27(2)45(28(3)4)55(51-25-11-23-42)54-37-36-38(44-24-22-35(46)43-39(44)47)53-40(37,26-50-36)29(5)52-41(30-12-9-8-10-13-30,31-14-18-33(48-6)19-15-31)32-16-20-34(49-7)21-17-32/h8-10,12-22,24,27-29,36-38H,11,25-26H2,1-7H3,(H,43,46,47)/t29-,36+,37+,38+,40?,55?/m0/s1. The first kappa shape index (κ1) is 40.3. The third-order valence-electron chi connectivity index (χ3n) is 10.1. The molecule has 2 aliphatic rings. The van der Waals surface area contributed by atoms with Crippen molar-refractivity contribution in [3.05, 3.63) is 129 Å². The number of H-pyrrole nitrogens is 1. The number of aromatic nitrogens is 2. The van der Waals surface area contributed by atoms with Crippen LogP contribution in [0.25, 0.3) is 0 Å². The topological polar surface area (TPSA) is 147 Å². The molecule has 6 rings (SSSR count). The lowest BCUT2D eigenvalue weighted by molar-refractivity contribution is -0.230. The molecule has 13 nitrogen and oxygen atoms in total. The van der Waals surface area contributed by atoms with Crippen LogP contribution < -0.4 is 20.7 Å². The first-order valence-electron chi connectivity index (χ1n) is 18.4.